The number of nitrogens with one attached hydrogen (secondary N) is 2. The van der Waals surface area contributed by atoms with Gasteiger partial charge in [-0.1, -0.05) is 17.7 Å². The first-order valence-corrected chi connectivity index (χ1v) is 8.31. The van der Waals surface area contributed by atoms with E-state index in [0.717, 1.165) is 16.7 Å². The lowest BCUT2D eigenvalue weighted by Crippen LogP contribution is -2.41. The molecule has 2 rings (SSSR count). The van der Waals surface area contributed by atoms with Gasteiger partial charge in [0.2, 0.25) is 0 Å². The molecule has 3 amide bonds. The quantitative estimate of drug-likeness (QED) is 0.719. The molecule has 8 heteroatoms. The van der Waals surface area contributed by atoms with Gasteiger partial charge in [-0.25, -0.2) is 9.59 Å². The SMILES string of the molecule is Cc1cc(C)c(OCC(=O)OCC(=O)NC(=O)NCc2ccco2)c(C)c1. The lowest BCUT2D eigenvalue weighted by molar-refractivity contribution is -0.150. The number of ether oxygens (including phenoxy) is 2. The van der Waals surface area contributed by atoms with Crippen LogP contribution in [0, 0.1) is 20.8 Å². The molecule has 1 aromatic heterocycles. The maximum atomic E-state index is 11.7. The van der Waals surface area contributed by atoms with Crippen molar-refractivity contribution in [1.29, 1.82) is 0 Å². The van der Waals surface area contributed by atoms with E-state index < -0.39 is 24.5 Å². The average Bonchev–Trinajstić information content (AvgIpc) is 3.10. The number of imide groups is 1. The van der Waals surface area contributed by atoms with Crippen molar-refractivity contribution >= 4 is 17.9 Å². The average molecular weight is 374 g/mol. The Hall–Kier alpha value is -3.29. The van der Waals surface area contributed by atoms with Gasteiger partial charge < -0.3 is 19.2 Å². The Bertz CT molecular complexity index is 791. The maximum Gasteiger partial charge on any atom is 0.344 e. The molecule has 0 saturated heterocycles. The predicted octanol–water partition coefficient (Wildman–Crippen LogP) is 2.15. The third-order valence-corrected chi connectivity index (χ3v) is 3.56. The van der Waals surface area contributed by atoms with Crippen molar-refractivity contribution in [2.45, 2.75) is 27.3 Å². The van der Waals surface area contributed by atoms with Crippen LogP contribution in [0.4, 0.5) is 4.79 Å². The highest BCUT2D eigenvalue weighted by Crippen LogP contribution is 2.24. The molecule has 0 radical (unpaired) electrons. The Kier molecular flexibility index (Phi) is 6.99. The normalized spacial score (nSPS) is 10.2. The molecule has 0 bridgehead atoms. The Morgan fingerprint density at radius 2 is 1.78 bits per heavy atom. The number of amides is 3. The number of carbonyl (C=O) groups excluding carboxylic acids is 3. The van der Waals surface area contributed by atoms with Crippen LogP contribution in [-0.4, -0.2) is 31.1 Å². The molecule has 2 aromatic rings. The fourth-order valence-electron chi connectivity index (χ4n) is 2.50. The van der Waals surface area contributed by atoms with Gasteiger partial charge in [0, 0.05) is 0 Å². The molecule has 0 aliphatic rings. The van der Waals surface area contributed by atoms with Crippen LogP contribution in [0.5, 0.6) is 5.75 Å². The Morgan fingerprint density at radius 1 is 1.07 bits per heavy atom. The number of furan rings is 1. The van der Waals surface area contributed by atoms with Gasteiger partial charge in [-0.2, -0.15) is 0 Å². The van der Waals surface area contributed by atoms with Crippen LogP contribution in [-0.2, 0) is 20.9 Å². The summed E-state index contributed by atoms with van der Waals surface area (Å²) in [6, 6.07) is 6.54. The second-order valence-corrected chi connectivity index (χ2v) is 5.99. The monoisotopic (exact) mass is 374 g/mol. The van der Waals surface area contributed by atoms with Crippen LogP contribution in [0.1, 0.15) is 22.5 Å². The first-order chi connectivity index (χ1) is 12.8. The van der Waals surface area contributed by atoms with Gasteiger partial charge in [-0.15, -0.1) is 0 Å². The van der Waals surface area contributed by atoms with Crippen LogP contribution in [0.3, 0.4) is 0 Å². The largest absolute Gasteiger partial charge is 0.481 e. The maximum absolute atomic E-state index is 11.7. The predicted molar refractivity (Wildman–Crippen MR) is 96.2 cm³/mol. The van der Waals surface area contributed by atoms with Crippen molar-refractivity contribution < 1.29 is 28.3 Å². The third-order valence-electron chi connectivity index (χ3n) is 3.56. The summed E-state index contributed by atoms with van der Waals surface area (Å²) in [6.45, 7) is 4.96. The van der Waals surface area contributed by atoms with Gasteiger partial charge in [0.25, 0.3) is 5.91 Å². The minimum atomic E-state index is -0.747. The van der Waals surface area contributed by atoms with E-state index in [1.807, 2.05) is 38.2 Å². The number of esters is 1. The second-order valence-electron chi connectivity index (χ2n) is 5.99. The fourth-order valence-corrected chi connectivity index (χ4v) is 2.50. The Balaban J connectivity index is 1.69. The standard InChI is InChI=1S/C19H22N2O6/c1-12-7-13(2)18(14(3)8-12)27-11-17(23)26-10-16(22)21-19(24)20-9-15-5-4-6-25-15/h4-8H,9-11H2,1-3H3,(H2,20,21,22,24). The molecule has 27 heavy (non-hydrogen) atoms. The topological polar surface area (TPSA) is 107 Å². The van der Waals surface area contributed by atoms with E-state index in [4.69, 9.17) is 13.9 Å². The molecule has 0 saturated carbocycles. The van der Waals surface area contributed by atoms with Crippen molar-refractivity contribution in [3.05, 3.63) is 53.0 Å². The van der Waals surface area contributed by atoms with Crippen molar-refractivity contribution in [2.24, 2.45) is 0 Å². The van der Waals surface area contributed by atoms with Gasteiger partial charge >= 0.3 is 12.0 Å². The van der Waals surface area contributed by atoms with E-state index in [1.165, 1.54) is 6.26 Å². The Labute approximate surface area is 156 Å². The number of aryl methyl sites for hydroxylation is 3. The highest BCUT2D eigenvalue weighted by molar-refractivity contribution is 5.95. The highest BCUT2D eigenvalue weighted by atomic mass is 16.6. The zero-order valence-corrected chi connectivity index (χ0v) is 15.5. The molecular formula is C19H22N2O6. The van der Waals surface area contributed by atoms with Crippen molar-refractivity contribution in [3.63, 3.8) is 0 Å². The summed E-state index contributed by atoms with van der Waals surface area (Å²) in [4.78, 5) is 34.9. The summed E-state index contributed by atoms with van der Waals surface area (Å²) in [5, 5.41) is 4.48. The first-order valence-electron chi connectivity index (χ1n) is 8.31. The van der Waals surface area contributed by atoms with Gasteiger partial charge in [-0.3, -0.25) is 10.1 Å². The number of carbonyl (C=O) groups is 3. The number of urea groups is 1. The van der Waals surface area contributed by atoms with Crippen LogP contribution in [0.25, 0.3) is 0 Å². The second kappa shape index (κ2) is 9.42. The third kappa shape index (κ3) is 6.50. The van der Waals surface area contributed by atoms with Crippen LogP contribution in [0.2, 0.25) is 0 Å². The molecule has 1 heterocycles. The van der Waals surface area contributed by atoms with E-state index in [-0.39, 0.29) is 13.2 Å². The summed E-state index contributed by atoms with van der Waals surface area (Å²) in [5.41, 5.74) is 2.92. The van der Waals surface area contributed by atoms with E-state index in [9.17, 15) is 14.4 Å². The molecule has 0 atom stereocenters. The molecule has 144 valence electrons. The summed E-state index contributed by atoms with van der Waals surface area (Å²) in [5.74, 6) is -0.300. The molecule has 8 nitrogen and oxygen atoms in total. The molecule has 0 spiro atoms. The van der Waals surface area contributed by atoms with Crippen LogP contribution in [0.15, 0.2) is 34.9 Å². The lowest BCUT2D eigenvalue weighted by Gasteiger charge is -2.12. The number of rotatable bonds is 7. The number of hydrogen-bond donors (Lipinski definition) is 2. The Morgan fingerprint density at radius 3 is 2.41 bits per heavy atom. The summed E-state index contributed by atoms with van der Waals surface area (Å²) < 4.78 is 15.3. The summed E-state index contributed by atoms with van der Waals surface area (Å²) in [6.07, 6.45) is 1.47. The molecule has 1 aromatic carbocycles. The fraction of sp³-hybridized carbons (Fsp3) is 0.316. The molecule has 0 aliphatic heterocycles. The van der Waals surface area contributed by atoms with Gasteiger partial charge in [-0.05, 0) is 44.0 Å². The van der Waals surface area contributed by atoms with Crippen LogP contribution < -0.4 is 15.4 Å². The molecular weight excluding hydrogens is 352 g/mol. The zero-order valence-electron chi connectivity index (χ0n) is 15.5. The van der Waals surface area contributed by atoms with E-state index >= 15 is 0 Å². The van der Waals surface area contributed by atoms with E-state index in [1.54, 1.807) is 12.1 Å². The van der Waals surface area contributed by atoms with Gasteiger partial charge in [0.1, 0.15) is 11.5 Å². The number of hydrogen-bond acceptors (Lipinski definition) is 6. The van der Waals surface area contributed by atoms with Gasteiger partial charge in [0.15, 0.2) is 13.2 Å². The van der Waals surface area contributed by atoms with Crippen molar-refractivity contribution in [3.8, 4) is 5.75 Å². The van der Waals surface area contributed by atoms with E-state index in [2.05, 4.69) is 5.32 Å². The van der Waals surface area contributed by atoms with E-state index in [0.29, 0.717) is 11.5 Å². The minimum Gasteiger partial charge on any atom is -0.481 e. The molecule has 0 unspecified atom stereocenters. The smallest absolute Gasteiger partial charge is 0.344 e. The molecule has 0 aliphatic carbocycles. The molecule has 0 fully saturated rings. The number of benzene rings is 1. The zero-order chi connectivity index (χ0) is 19.8. The molecule has 2 N–H and O–H groups in total. The van der Waals surface area contributed by atoms with Gasteiger partial charge in [0.05, 0.1) is 12.8 Å². The van der Waals surface area contributed by atoms with Crippen molar-refractivity contribution in [1.82, 2.24) is 10.6 Å². The van der Waals surface area contributed by atoms with Crippen LogP contribution >= 0.6 is 0 Å². The first kappa shape index (κ1) is 20.0. The highest BCUT2D eigenvalue weighted by Gasteiger charge is 2.13. The lowest BCUT2D eigenvalue weighted by atomic mass is 10.1. The summed E-state index contributed by atoms with van der Waals surface area (Å²) >= 11 is 0. The van der Waals surface area contributed by atoms with Crippen molar-refractivity contribution in [2.75, 3.05) is 13.2 Å². The minimum absolute atomic E-state index is 0.134. The summed E-state index contributed by atoms with van der Waals surface area (Å²) in [7, 11) is 0.